The van der Waals surface area contributed by atoms with E-state index >= 15 is 0 Å². The van der Waals surface area contributed by atoms with E-state index in [0.29, 0.717) is 33.0 Å². The van der Waals surface area contributed by atoms with Gasteiger partial charge in [-0.05, 0) is 18.2 Å². The van der Waals surface area contributed by atoms with Gasteiger partial charge in [-0.1, -0.05) is 34.8 Å². The number of aromatic nitrogens is 1. The van der Waals surface area contributed by atoms with E-state index in [0.717, 1.165) is 0 Å². The summed E-state index contributed by atoms with van der Waals surface area (Å²) in [6.07, 6.45) is 2.04. The van der Waals surface area contributed by atoms with Gasteiger partial charge in [-0.3, -0.25) is 4.79 Å². The topological polar surface area (TPSA) is 56.0 Å². The van der Waals surface area contributed by atoms with E-state index in [1.807, 2.05) is 0 Å². The number of anilines is 1. The van der Waals surface area contributed by atoms with Crippen LogP contribution in [0.5, 0.6) is 0 Å². The third-order valence-electron chi connectivity index (χ3n) is 2.39. The highest BCUT2D eigenvalue weighted by Crippen LogP contribution is 2.40. The monoisotopic (exact) mass is 300 g/mol. The minimum absolute atomic E-state index is 0.228. The molecule has 0 unspecified atom stereocenters. The van der Waals surface area contributed by atoms with Crippen molar-refractivity contribution in [1.29, 1.82) is 0 Å². The lowest BCUT2D eigenvalue weighted by Gasteiger charge is -2.11. The number of carbonyl (C=O) groups excluding carboxylic acids is 1. The van der Waals surface area contributed by atoms with Crippen LogP contribution < -0.4 is 5.73 Å². The molecule has 1 aromatic heterocycles. The molecule has 92 valence electrons. The summed E-state index contributed by atoms with van der Waals surface area (Å²) in [6.45, 7) is 0. The van der Waals surface area contributed by atoms with Gasteiger partial charge in [-0.15, -0.1) is 0 Å². The molecule has 2 rings (SSSR count). The van der Waals surface area contributed by atoms with Gasteiger partial charge in [-0.2, -0.15) is 0 Å². The first-order chi connectivity index (χ1) is 8.54. The zero-order valence-electron chi connectivity index (χ0n) is 8.95. The highest BCUT2D eigenvalue weighted by atomic mass is 35.5. The number of halogens is 3. The molecule has 0 bridgehead atoms. The fraction of sp³-hybridized carbons (Fsp3) is 0. The van der Waals surface area contributed by atoms with E-state index in [4.69, 9.17) is 40.5 Å². The molecule has 0 aliphatic heterocycles. The van der Waals surface area contributed by atoms with Crippen molar-refractivity contribution in [2.24, 2.45) is 0 Å². The van der Waals surface area contributed by atoms with Gasteiger partial charge < -0.3 is 5.73 Å². The lowest BCUT2D eigenvalue weighted by Crippen LogP contribution is -1.97. The Morgan fingerprint density at radius 2 is 1.83 bits per heavy atom. The standard InChI is InChI=1S/C12H7Cl3N2O/c13-8-1-2-9(14)11(15)10(8)7-3-6(5-18)4-17-12(7)16/h1-5H,(H2,16,17). The van der Waals surface area contributed by atoms with E-state index in [-0.39, 0.29) is 10.8 Å². The number of hydrogen-bond donors (Lipinski definition) is 1. The van der Waals surface area contributed by atoms with Crippen LogP contribution in [0.3, 0.4) is 0 Å². The van der Waals surface area contributed by atoms with Gasteiger partial charge in [0.2, 0.25) is 0 Å². The third-order valence-corrected chi connectivity index (χ3v) is 3.51. The quantitative estimate of drug-likeness (QED) is 0.671. The van der Waals surface area contributed by atoms with Gasteiger partial charge >= 0.3 is 0 Å². The Morgan fingerprint density at radius 3 is 2.50 bits per heavy atom. The van der Waals surface area contributed by atoms with Crippen LogP contribution in [0, 0.1) is 0 Å². The number of aldehydes is 1. The van der Waals surface area contributed by atoms with Crippen LogP contribution >= 0.6 is 34.8 Å². The molecule has 0 spiro atoms. The summed E-state index contributed by atoms with van der Waals surface area (Å²) in [7, 11) is 0. The maximum absolute atomic E-state index is 10.8. The molecule has 0 aliphatic carbocycles. The summed E-state index contributed by atoms with van der Waals surface area (Å²) >= 11 is 18.1. The summed E-state index contributed by atoms with van der Waals surface area (Å²) in [6, 6.07) is 4.76. The lowest BCUT2D eigenvalue weighted by atomic mass is 10.0. The number of rotatable bonds is 2. The van der Waals surface area contributed by atoms with Crippen molar-refractivity contribution >= 4 is 46.9 Å². The molecule has 0 radical (unpaired) electrons. The molecule has 18 heavy (non-hydrogen) atoms. The SMILES string of the molecule is Nc1ncc(C=O)cc1-c1c(Cl)ccc(Cl)c1Cl. The summed E-state index contributed by atoms with van der Waals surface area (Å²) in [5, 5.41) is 1.02. The van der Waals surface area contributed by atoms with Crippen molar-refractivity contribution in [2.75, 3.05) is 5.73 Å². The number of carbonyl (C=O) groups is 1. The molecule has 3 nitrogen and oxygen atoms in total. The predicted molar refractivity (Wildman–Crippen MR) is 74.5 cm³/mol. The van der Waals surface area contributed by atoms with Gasteiger partial charge in [0.05, 0.1) is 15.1 Å². The minimum atomic E-state index is 0.228. The fourth-order valence-corrected chi connectivity index (χ4v) is 2.26. The molecule has 0 atom stereocenters. The maximum Gasteiger partial charge on any atom is 0.151 e. The molecule has 1 heterocycles. The molecule has 0 saturated carbocycles. The largest absolute Gasteiger partial charge is 0.383 e. The summed E-state index contributed by atoms with van der Waals surface area (Å²) in [4.78, 5) is 14.7. The van der Waals surface area contributed by atoms with Crippen molar-refractivity contribution in [3.05, 3.63) is 45.0 Å². The van der Waals surface area contributed by atoms with Crippen LogP contribution in [0.1, 0.15) is 10.4 Å². The zero-order valence-corrected chi connectivity index (χ0v) is 11.2. The van der Waals surface area contributed by atoms with Gasteiger partial charge in [0.1, 0.15) is 5.82 Å². The van der Waals surface area contributed by atoms with Crippen LogP contribution in [-0.4, -0.2) is 11.3 Å². The third kappa shape index (κ3) is 2.29. The lowest BCUT2D eigenvalue weighted by molar-refractivity contribution is 0.112. The van der Waals surface area contributed by atoms with Gasteiger partial charge in [0.25, 0.3) is 0 Å². The minimum Gasteiger partial charge on any atom is -0.383 e. The van der Waals surface area contributed by atoms with Crippen molar-refractivity contribution in [2.45, 2.75) is 0 Å². The molecule has 1 aromatic carbocycles. The first-order valence-corrected chi connectivity index (χ1v) is 6.02. The molecular weight excluding hydrogens is 295 g/mol. The first-order valence-electron chi connectivity index (χ1n) is 4.89. The normalized spacial score (nSPS) is 10.4. The van der Waals surface area contributed by atoms with Gasteiger partial charge in [-0.25, -0.2) is 4.98 Å². The van der Waals surface area contributed by atoms with Crippen LogP contribution in [0.25, 0.3) is 11.1 Å². The highest BCUT2D eigenvalue weighted by Gasteiger charge is 2.15. The molecule has 2 aromatic rings. The molecule has 2 N–H and O–H groups in total. The van der Waals surface area contributed by atoms with Crippen LogP contribution in [0.4, 0.5) is 5.82 Å². The number of nitrogen functional groups attached to an aromatic ring is 1. The second kappa shape index (κ2) is 5.14. The summed E-state index contributed by atoms with van der Waals surface area (Å²) in [5.41, 5.74) is 7.11. The molecule has 6 heteroatoms. The average Bonchev–Trinajstić information content (AvgIpc) is 2.36. The Labute approximate surface area is 118 Å². The highest BCUT2D eigenvalue weighted by molar-refractivity contribution is 6.46. The second-order valence-corrected chi connectivity index (χ2v) is 4.73. The Bertz CT molecular complexity index is 629. The molecule has 0 fully saturated rings. The summed E-state index contributed by atoms with van der Waals surface area (Å²) < 4.78 is 0. The van der Waals surface area contributed by atoms with Crippen molar-refractivity contribution in [3.63, 3.8) is 0 Å². The first kappa shape index (κ1) is 13.1. The van der Waals surface area contributed by atoms with E-state index in [2.05, 4.69) is 4.98 Å². The molecule has 0 saturated heterocycles. The van der Waals surface area contributed by atoms with E-state index in [1.165, 1.54) is 6.20 Å². The fourth-order valence-electron chi connectivity index (χ4n) is 1.53. The Balaban J connectivity index is 2.76. The zero-order chi connectivity index (χ0) is 13.3. The Hall–Kier alpha value is -1.29. The Morgan fingerprint density at radius 1 is 1.17 bits per heavy atom. The smallest absolute Gasteiger partial charge is 0.151 e. The van der Waals surface area contributed by atoms with Crippen molar-refractivity contribution in [3.8, 4) is 11.1 Å². The van der Waals surface area contributed by atoms with E-state index in [1.54, 1.807) is 18.2 Å². The van der Waals surface area contributed by atoms with Crippen molar-refractivity contribution in [1.82, 2.24) is 4.98 Å². The van der Waals surface area contributed by atoms with Crippen molar-refractivity contribution < 1.29 is 4.79 Å². The van der Waals surface area contributed by atoms with Crippen LogP contribution in [0.15, 0.2) is 24.4 Å². The summed E-state index contributed by atoms with van der Waals surface area (Å²) in [5.74, 6) is 0.228. The molecule has 0 amide bonds. The number of nitrogens with two attached hydrogens (primary N) is 1. The second-order valence-electron chi connectivity index (χ2n) is 3.54. The predicted octanol–water partition coefficient (Wildman–Crippen LogP) is 4.10. The Kier molecular flexibility index (Phi) is 3.76. The van der Waals surface area contributed by atoms with Gasteiger partial charge in [0, 0.05) is 22.9 Å². The molecule has 0 aliphatic rings. The number of hydrogen-bond acceptors (Lipinski definition) is 3. The number of nitrogens with zero attached hydrogens (tertiary/aromatic N) is 1. The van der Waals surface area contributed by atoms with E-state index in [9.17, 15) is 4.79 Å². The maximum atomic E-state index is 10.8. The van der Waals surface area contributed by atoms with Gasteiger partial charge in [0.15, 0.2) is 6.29 Å². The average molecular weight is 302 g/mol. The number of benzene rings is 1. The number of pyridine rings is 1. The van der Waals surface area contributed by atoms with Crippen LogP contribution in [0.2, 0.25) is 15.1 Å². The van der Waals surface area contributed by atoms with E-state index < -0.39 is 0 Å². The van der Waals surface area contributed by atoms with Crippen LogP contribution in [-0.2, 0) is 0 Å². The molecular formula is C12H7Cl3N2O.